The number of hydrogen-bond acceptors (Lipinski definition) is 2. The normalized spacial score (nSPS) is 10.3. The van der Waals surface area contributed by atoms with Gasteiger partial charge in [-0.05, 0) is 27.7 Å². The van der Waals surface area contributed by atoms with Crippen molar-refractivity contribution in [1.82, 2.24) is 0 Å². The summed E-state index contributed by atoms with van der Waals surface area (Å²) in [6.07, 6.45) is -0.0830. The van der Waals surface area contributed by atoms with Gasteiger partial charge in [-0.2, -0.15) is 0 Å². The van der Waals surface area contributed by atoms with Crippen LogP contribution in [0.5, 0.6) is 0 Å². The van der Waals surface area contributed by atoms with Crippen LogP contribution in [-0.2, 0) is 9.59 Å². The summed E-state index contributed by atoms with van der Waals surface area (Å²) >= 11 is 0. The minimum absolute atomic E-state index is 0. The Morgan fingerprint density at radius 1 is 1.12 bits per heavy atom. The third kappa shape index (κ3) is 9.88. The molecule has 1 unspecified atom stereocenters. The first-order valence-electron chi connectivity index (χ1n) is 4.71. The van der Waals surface area contributed by atoms with E-state index in [1.807, 2.05) is 27.7 Å². The van der Waals surface area contributed by atoms with Gasteiger partial charge in [-0.1, -0.05) is 31.5 Å². The molecule has 0 saturated heterocycles. The summed E-state index contributed by atoms with van der Waals surface area (Å²) in [6, 6.07) is -0.119. The van der Waals surface area contributed by atoms with E-state index in [9.17, 15) is 9.59 Å². The van der Waals surface area contributed by atoms with Crippen molar-refractivity contribution >= 4 is 11.7 Å². The summed E-state index contributed by atoms with van der Waals surface area (Å²) in [4.78, 5) is 21.8. The van der Waals surface area contributed by atoms with Gasteiger partial charge in [0.25, 0.3) is 0 Å². The molecule has 88 valence electrons. The van der Waals surface area contributed by atoms with Gasteiger partial charge in [-0.25, -0.2) is 0 Å². The molecule has 0 aromatic rings. The standard InChI is InChI=1S/C11H19NO2.CH4.Rb/c1-7(2)9(4)10(5)12-11(14)6-8(3)13;;/h10H,6H2,1-5H3,(H,12,14);1H4;/q;;+1/p-1. The predicted octanol–water partition coefficient (Wildman–Crippen LogP) is 0.251. The Kier molecular flexibility index (Phi) is 14.8. The number of allylic oxidation sites excluding steroid dienone is 1. The van der Waals surface area contributed by atoms with Crippen LogP contribution in [0, 0.1) is 0 Å². The second-order valence-electron chi connectivity index (χ2n) is 3.76. The van der Waals surface area contributed by atoms with Gasteiger partial charge in [0.2, 0.25) is 0 Å². The zero-order chi connectivity index (χ0) is 11.3. The molecule has 4 heteroatoms. The summed E-state index contributed by atoms with van der Waals surface area (Å²) < 4.78 is 0. The van der Waals surface area contributed by atoms with E-state index in [-0.39, 0.29) is 89.8 Å². The molecule has 0 spiro atoms. The first-order chi connectivity index (χ1) is 6.34. The van der Waals surface area contributed by atoms with Crippen LogP contribution < -0.4 is 58.2 Å². The van der Waals surface area contributed by atoms with Crippen LogP contribution >= 0.6 is 0 Å². The Labute approximate surface area is 148 Å². The summed E-state index contributed by atoms with van der Waals surface area (Å²) in [6.45, 7) is 9.17. The smallest absolute Gasteiger partial charge is 0.647 e. The summed E-state index contributed by atoms with van der Waals surface area (Å²) in [5, 5.41) is 3.92. The SMILES string of the molecule is C.CC(=O)CC(=O)[N-]C(C)C(C)=C(C)C.[Rb+]. The van der Waals surface area contributed by atoms with E-state index < -0.39 is 0 Å². The molecule has 0 aromatic heterocycles. The van der Waals surface area contributed by atoms with E-state index in [1.54, 1.807) is 0 Å². The number of hydrogen-bond donors (Lipinski definition) is 0. The number of Topliss-reactive ketones (excluding diaryl/α,β-unsaturated/α-hetero) is 1. The largest absolute Gasteiger partial charge is 1.00 e. The van der Waals surface area contributed by atoms with Gasteiger partial charge in [0, 0.05) is 6.42 Å². The summed E-state index contributed by atoms with van der Waals surface area (Å²) in [5.41, 5.74) is 2.25. The molecule has 1 atom stereocenters. The Hall–Kier alpha value is 0.685. The third-order valence-corrected chi connectivity index (χ3v) is 2.15. The molecular formula is C12H22NO2Rb. The van der Waals surface area contributed by atoms with Crippen molar-refractivity contribution in [2.24, 2.45) is 0 Å². The number of nitrogens with zero attached hydrogens (tertiary/aromatic N) is 1. The fourth-order valence-corrected chi connectivity index (χ4v) is 0.989. The second-order valence-corrected chi connectivity index (χ2v) is 3.76. The molecular weight excluding hydrogens is 276 g/mol. The van der Waals surface area contributed by atoms with Crippen molar-refractivity contribution in [2.75, 3.05) is 0 Å². The Balaban J connectivity index is -0.000000845. The molecule has 3 nitrogen and oxygen atoms in total. The Morgan fingerprint density at radius 2 is 1.56 bits per heavy atom. The van der Waals surface area contributed by atoms with E-state index >= 15 is 0 Å². The monoisotopic (exact) mass is 297 g/mol. The molecule has 0 saturated carbocycles. The van der Waals surface area contributed by atoms with Crippen molar-refractivity contribution in [3.8, 4) is 0 Å². The fraction of sp³-hybridized carbons (Fsp3) is 0.667. The first-order valence-corrected chi connectivity index (χ1v) is 4.71. The van der Waals surface area contributed by atoms with Gasteiger partial charge >= 0.3 is 58.2 Å². The number of carbonyl (C=O) groups is 2. The average molecular weight is 298 g/mol. The van der Waals surface area contributed by atoms with E-state index in [0.29, 0.717) is 0 Å². The van der Waals surface area contributed by atoms with Crippen molar-refractivity contribution in [3.05, 3.63) is 16.5 Å². The third-order valence-electron chi connectivity index (χ3n) is 2.15. The molecule has 0 rings (SSSR count). The molecule has 0 aromatic carbocycles. The maximum absolute atomic E-state index is 11.2. The van der Waals surface area contributed by atoms with Gasteiger partial charge in [-0.15, -0.1) is 0 Å². The second kappa shape index (κ2) is 10.8. The number of ketones is 1. The average Bonchev–Trinajstić information content (AvgIpc) is 2.00. The molecule has 1 amide bonds. The molecule has 0 fully saturated rings. The minimum Gasteiger partial charge on any atom is -0.647 e. The van der Waals surface area contributed by atoms with Crippen molar-refractivity contribution in [1.29, 1.82) is 0 Å². The van der Waals surface area contributed by atoms with Crippen LogP contribution in [0.15, 0.2) is 11.1 Å². The van der Waals surface area contributed by atoms with E-state index in [0.717, 1.165) is 11.1 Å². The minimum atomic E-state index is -0.328. The summed E-state index contributed by atoms with van der Waals surface area (Å²) in [5.74, 6) is -0.466. The molecule has 0 radical (unpaired) electrons. The Morgan fingerprint density at radius 3 is 1.88 bits per heavy atom. The van der Waals surface area contributed by atoms with Crippen LogP contribution in [0.25, 0.3) is 5.32 Å². The zero-order valence-electron chi connectivity index (χ0n) is 10.5. The summed E-state index contributed by atoms with van der Waals surface area (Å²) in [7, 11) is 0. The van der Waals surface area contributed by atoms with Gasteiger partial charge in [-0.3, -0.25) is 4.79 Å². The molecule has 0 aliphatic heterocycles. The molecule has 0 heterocycles. The molecule has 0 bridgehead atoms. The van der Waals surface area contributed by atoms with Crippen LogP contribution in [0.1, 0.15) is 48.5 Å². The van der Waals surface area contributed by atoms with Gasteiger partial charge in [0.15, 0.2) is 0 Å². The van der Waals surface area contributed by atoms with Gasteiger partial charge < -0.3 is 10.1 Å². The topological polar surface area (TPSA) is 48.2 Å². The zero-order valence-corrected chi connectivity index (χ0v) is 15.5. The van der Waals surface area contributed by atoms with Crippen LogP contribution in [0.4, 0.5) is 0 Å². The fourth-order valence-electron chi connectivity index (χ4n) is 0.989. The van der Waals surface area contributed by atoms with Gasteiger partial charge in [0.05, 0.1) is 5.91 Å². The number of rotatable bonds is 4. The van der Waals surface area contributed by atoms with E-state index in [1.165, 1.54) is 6.92 Å². The van der Waals surface area contributed by atoms with Crippen LogP contribution in [0.2, 0.25) is 0 Å². The van der Waals surface area contributed by atoms with Crippen LogP contribution in [-0.4, -0.2) is 17.7 Å². The van der Waals surface area contributed by atoms with Crippen molar-refractivity contribution in [3.63, 3.8) is 0 Å². The molecule has 16 heavy (non-hydrogen) atoms. The van der Waals surface area contributed by atoms with E-state index in [2.05, 4.69) is 5.32 Å². The first kappa shape index (κ1) is 21.9. The predicted molar refractivity (Wildman–Crippen MR) is 63.9 cm³/mol. The maximum atomic E-state index is 11.2. The molecule has 0 N–H and O–H groups in total. The quantitative estimate of drug-likeness (QED) is 0.552. The maximum Gasteiger partial charge on any atom is 1.00 e. The van der Waals surface area contributed by atoms with Crippen LogP contribution in [0.3, 0.4) is 0 Å². The van der Waals surface area contributed by atoms with Crippen molar-refractivity contribution < 1.29 is 67.8 Å². The Bertz CT molecular complexity index is 268. The van der Waals surface area contributed by atoms with E-state index in [4.69, 9.17) is 0 Å². The molecule has 0 aliphatic carbocycles. The number of amides is 1. The van der Waals surface area contributed by atoms with Gasteiger partial charge in [0.1, 0.15) is 5.78 Å². The van der Waals surface area contributed by atoms with Crippen molar-refractivity contribution in [2.45, 2.75) is 54.5 Å². The molecule has 0 aliphatic rings. The number of carbonyl (C=O) groups excluding carboxylic acids is 2.